The number of hydrogen-bond donors (Lipinski definition) is 1. The van der Waals surface area contributed by atoms with Gasteiger partial charge in [-0.2, -0.15) is 11.8 Å². The Balaban J connectivity index is 2.21. The lowest BCUT2D eigenvalue weighted by Crippen LogP contribution is -2.11. The van der Waals surface area contributed by atoms with Gasteiger partial charge in [0.1, 0.15) is 10.5 Å². The number of nitrogens with one attached hydrogen (secondary N) is 1. The molecule has 1 saturated heterocycles. The molecule has 0 radical (unpaired) electrons. The van der Waals surface area contributed by atoms with Crippen molar-refractivity contribution in [3.63, 3.8) is 0 Å². The van der Waals surface area contributed by atoms with Crippen molar-refractivity contribution in [2.75, 3.05) is 24.4 Å². The Bertz CT molecular complexity index is 401. The average Bonchev–Trinajstić information content (AvgIpc) is 2.30. The number of nitrogens with zero attached hydrogens (tertiary/aromatic N) is 1. The van der Waals surface area contributed by atoms with Crippen LogP contribution in [0.5, 0.6) is 0 Å². The number of methoxy groups -OCH3 is 1. The van der Waals surface area contributed by atoms with Crippen LogP contribution < -0.4 is 0 Å². The quantitative estimate of drug-likeness (QED) is 0.858. The highest BCUT2D eigenvalue weighted by Gasteiger charge is 2.18. The van der Waals surface area contributed by atoms with Gasteiger partial charge in [-0.25, -0.2) is 4.98 Å². The van der Waals surface area contributed by atoms with Gasteiger partial charge in [-0.1, -0.05) is 12.2 Å². The summed E-state index contributed by atoms with van der Waals surface area (Å²) in [5.74, 6) is 4.53. The minimum atomic E-state index is 0.442. The summed E-state index contributed by atoms with van der Waals surface area (Å²) in [6, 6.07) is 1.86. The highest BCUT2D eigenvalue weighted by molar-refractivity contribution is 8.06. The van der Waals surface area contributed by atoms with E-state index in [2.05, 4.69) is 9.97 Å². The van der Waals surface area contributed by atoms with E-state index in [-0.39, 0.29) is 0 Å². The van der Waals surface area contributed by atoms with Crippen LogP contribution in [-0.2, 0) is 11.3 Å². The van der Waals surface area contributed by atoms with E-state index in [1.54, 1.807) is 7.11 Å². The summed E-state index contributed by atoms with van der Waals surface area (Å²) in [5, 5.41) is 0.442. The third-order valence-electron chi connectivity index (χ3n) is 2.24. The van der Waals surface area contributed by atoms with E-state index in [1.165, 1.54) is 11.5 Å². The molecule has 0 amide bonds. The SMILES string of the molecule is COCc1cc(=S)nc(C2CSCCS2)[nH]1. The normalized spacial score (nSPS) is 20.9. The van der Waals surface area contributed by atoms with Gasteiger partial charge in [-0.05, 0) is 6.07 Å². The fourth-order valence-electron chi connectivity index (χ4n) is 1.56. The maximum atomic E-state index is 5.17. The predicted octanol–water partition coefficient (Wildman–Crippen LogP) is 2.81. The maximum Gasteiger partial charge on any atom is 0.130 e. The number of hydrogen-bond acceptors (Lipinski definition) is 5. The van der Waals surface area contributed by atoms with Crippen molar-refractivity contribution in [2.24, 2.45) is 0 Å². The molecule has 2 rings (SSSR count). The van der Waals surface area contributed by atoms with E-state index in [4.69, 9.17) is 17.0 Å². The predicted molar refractivity (Wildman–Crippen MR) is 72.7 cm³/mol. The molecule has 6 heteroatoms. The van der Waals surface area contributed by atoms with Crippen LogP contribution in [0.1, 0.15) is 16.8 Å². The van der Waals surface area contributed by atoms with E-state index in [0.29, 0.717) is 16.5 Å². The molecule has 1 aliphatic rings. The molecule has 3 nitrogen and oxygen atoms in total. The zero-order valence-electron chi connectivity index (χ0n) is 9.06. The number of ether oxygens (including phenoxy) is 1. The fourth-order valence-corrected chi connectivity index (χ4v) is 4.42. The number of aromatic amines is 1. The molecule has 0 spiro atoms. The Morgan fingerprint density at radius 1 is 1.62 bits per heavy atom. The molecule has 0 saturated carbocycles. The van der Waals surface area contributed by atoms with Crippen LogP contribution in [-0.4, -0.2) is 34.3 Å². The molecular weight excluding hydrogens is 260 g/mol. The molecule has 1 N–H and O–H groups in total. The third kappa shape index (κ3) is 3.23. The van der Waals surface area contributed by atoms with Gasteiger partial charge in [0.25, 0.3) is 0 Å². The summed E-state index contributed by atoms with van der Waals surface area (Å²) >= 11 is 9.09. The molecule has 16 heavy (non-hydrogen) atoms. The molecule has 0 bridgehead atoms. The first kappa shape index (κ1) is 12.4. The maximum absolute atomic E-state index is 5.17. The summed E-state index contributed by atoms with van der Waals surface area (Å²) in [7, 11) is 1.68. The van der Waals surface area contributed by atoms with Gasteiger partial charge in [0.05, 0.1) is 11.9 Å². The van der Waals surface area contributed by atoms with E-state index < -0.39 is 0 Å². The molecule has 2 heterocycles. The summed E-state index contributed by atoms with van der Waals surface area (Å²) < 4.78 is 5.76. The Hall–Kier alpha value is -0.0400. The molecule has 1 aromatic heterocycles. The van der Waals surface area contributed by atoms with Crippen LogP contribution in [0, 0.1) is 4.64 Å². The van der Waals surface area contributed by atoms with Crippen molar-refractivity contribution in [1.29, 1.82) is 0 Å². The summed E-state index contributed by atoms with van der Waals surface area (Å²) in [6.07, 6.45) is 0. The van der Waals surface area contributed by atoms with E-state index >= 15 is 0 Å². The fraction of sp³-hybridized carbons (Fsp3) is 0.600. The molecule has 1 atom stereocenters. The van der Waals surface area contributed by atoms with Crippen LogP contribution >= 0.6 is 35.7 Å². The van der Waals surface area contributed by atoms with Crippen LogP contribution in [0.3, 0.4) is 0 Å². The second-order valence-corrected chi connectivity index (χ2v) is 6.38. The van der Waals surface area contributed by atoms with Gasteiger partial charge in [-0.15, -0.1) is 11.8 Å². The minimum Gasteiger partial charge on any atom is -0.378 e. The number of H-pyrrole nitrogens is 1. The lowest BCUT2D eigenvalue weighted by atomic mass is 10.3. The molecule has 88 valence electrons. The minimum absolute atomic E-state index is 0.442. The number of rotatable bonds is 3. The monoisotopic (exact) mass is 274 g/mol. The molecule has 1 aromatic rings. The Labute approximate surface area is 109 Å². The Morgan fingerprint density at radius 2 is 2.50 bits per heavy atom. The van der Waals surface area contributed by atoms with Crippen LogP contribution in [0.2, 0.25) is 0 Å². The summed E-state index contributed by atoms with van der Waals surface area (Å²) in [4.78, 5) is 7.73. The topological polar surface area (TPSA) is 37.9 Å². The number of thioether (sulfide) groups is 2. The van der Waals surface area contributed by atoms with Crippen molar-refractivity contribution in [3.8, 4) is 0 Å². The van der Waals surface area contributed by atoms with Crippen LogP contribution in [0.25, 0.3) is 0 Å². The lowest BCUT2D eigenvalue weighted by Gasteiger charge is -2.20. The van der Waals surface area contributed by atoms with Gasteiger partial charge < -0.3 is 9.72 Å². The molecular formula is C10H14N2OS3. The van der Waals surface area contributed by atoms with E-state index in [1.807, 2.05) is 29.6 Å². The zero-order valence-corrected chi connectivity index (χ0v) is 11.5. The van der Waals surface area contributed by atoms with E-state index in [0.717, 1.165) is 17.3 Å². The van der Waals surface area contributed by atoms with Crippen LogP contribution in [0.4, 0.5) is 0 Å². The average molecular weight is 274 g/mol. The Morgan fingerprint density at radius 3 is 3.19 bits per heavy atom. The van der Waals surface area contributed by atoms with Crippen molar-refractivity contribution in [2.45, 2.75) is 11.9 Å². The molecule has 0 aliphatic carbocycles. The first-order valence-electron chi connectivity index (χ1n) is 5.08. The van der Waals surface area contributed by atoms with Gasteiger partial charge in [0, 0.05) is 30.1 Å². The number of aromatic nitrogens is 2. The van der Waals surface area contributed by atoms with Crippen molar-refractivity contribution < 1.29 is 4.74 Å². The molecule has 0 aromatic carbocycles. The summed E-state index contributed by atoms with van der Waals surface area (Å²) in [5.41, 5.74) is 1.01. The first-order valence-corrected chi connectivity index (χ1v) is 7.69. The molecule has 1 unspecified atom stereocenters. The highest BCUT2D eigenvalue weighted by Crippen LogP contribution is 2.34. The van der Waals surface area contributed by atoms with Gasteiger partial charge in [0.2, 0.25) is 0 Å². The van der Waals surface area contributed by atoms with Crippen molar-refractivity contribution in [1.82, 2.24) is 9.97 Å². The largest absolute Gasteiger partial charge is 0.378 e. The molecule has 1 fully saturated rings. The standard InChI is InChI=1S/C10H14N2OS3/c1-13-5-7-4-9(14)12-10(11-7)8-6-15-2-3-16-8/h4,8H,2-3,5-6H2,1H3,(H,11,12,14). The zero-order chi connectivity index (χ0) is 11.4. The lowest BCUT2D eigenvalue weighted by molar-refractivity contribution is 0.181. The second-order valence-electron chi connectivity index (χ2n) is 3.50. The van der Waals surface area contributed by atoms with Crippen molar-refractivity contribution in [3.05, 3.63) is 22.2 Å². The van der Waals surface area contributed by atoms with E-state index in [9.17, 15) is 0 Å². The first-order chi connectivity index (χ1) is 7.79. The van der Waals surface area contributed by atoms with Gasteiger partial charge in [-0.3, -0.25) is 0 Å². The smallest absolute Gasteiger partial charge is 0.130 e. The molecule has 1 aliphatic heterocycles. The van der Waals surface area contributed by atoms with Gasteiger partial charge >= 0.3 is 0 Å². The second kappa shape index (κ2) is 6.05. The van der Waals surface area contributed by atoms with Gasteiger partial charge in [0.15, 0.2) is 0 Å². The van der Waals surface area contributed by atoms with Crippen molar-refractivity contribution >= 4 is 35.7 Å². The third-order valence-corrected chi connectivity index (χ3v) is 5.21. The Kier molecular flexibility index (Phi) is 4.69. The highest BCUT2D eigenvalue weighted by atomic mass is 32.2. The van der Waals surface area contributed by atoms with Crippen LogP contribution in [0.15, 0.2) is 6.07 Å². The summed E-state index contributed by atoms with van der Waals surface area (Å²) in [6.45, 7) is 0.559.